The molecule has 0 saturated carbocycles. The van der Waals surface area contributed by atoms with Gasteiger partial charge >= 0.3 is 5.97 Å². The van der Waals surface area contributed by atoms with Crippen LogP contribution in [-0.4, -0.2) is 27.6 Å². The number of hydrogen-bond donors (Lipinski definition) is 3. The van der Waals surface area contributed by atoms with Crippen molar-refractivity contribution in [2.75, 3.05) is 6.54 Å². The topological polar surface area (TPSA) is 78.0 Å². The van der Waals surface area contributed by atoms with Crippen molar-refractivity contribution in [3.8, 4) is 0 Å². The molecule has 1 aliphatic rings. The smallest absolute Gasteiger partial charge is 0.371 e. The Morgan fingerprint density at radius 2 is 2.43 bits per heavy atom. The molecule has 14 heavy (non-hydrogen) atoms. The summed E-state index contributed by atoms with van der Waals surface area (Å²) in [6, 6.07) is 0.240. The van der Waals surface area contributed by atoms with Gasteiger partial charge in [0.2, 0.25) is 5.82 Å². The Labute approximate surface area is 81.5 Å². The van der Waals surface area contributed by atoms with Gasteiger partial charge in [-0.2, -0.15) is 0 Å². The molecule has 0 aromatic carbocycles. The highest BCUT2D eigenvalue weighted by molar-refractivity contribution is 5.83. The van der Waals surface area contributed by atoms with Gasteiger partial charge in [0, 0.05) is 6.04 Å². The van der Waals surface area contributed by atoms with Crippen LogP contribution in [-0.2, 0) is 0 Å². The van der Waals surface area contributed by atoms with Gasteiger partial charge in [-0.25, -0.2) is 9.78 Å². The Balaban J connectivity index is 2.11. The number of aromatic amines is 1. The fourth-order valence-electron chi connectivity index (χ4n) is 1.74. The Bertz CT molecular complexity index is 329. The SMILES string of the molecule is O=C(O)c1ncc(C2CCCCN2)[nH]1. The Kier molecular flexibility index (Phi) is 2.49. The van der Waals surface area contributed by atoms with E-state index in [1.165, 1.54) is 12.8 Å². The van der Waals surface area contributed by atoms with Gasteiger partial charge in [0.05, 0.1) is 11.9 Å². The fourth-order valence-corrected chi connectivity index (χ4v) is 1.74. The lowest BCUT2D eigenvalue weighted by atomic mass is 10.0. The second kappa shape index (κ2) is 3.79. The lowest BCUT2D eigenvalue weighted by molar-refractivity contribution is 0.0684. The summed E-state index contributed by atoms with van der Waals surface area (Å²) in [6.07, 6.45) is 5.02. The van der Waals surface area contributed by atoms with Crippen LogP contribution in [0.1, 0.15) is 41.6 Å². The first-order chi connectivity index (χ1) is 6.77. The maximum atomic E-state index is 10.6. The molecule has 3 N–H and O–H groups in total. The molecule has 0 aliphatic carbocycles. The number of carboxylic acid groups (broad SMARTS) is 1. The van der Waals surface area contributed by atoms with Gasteiger partial charge in [-0.3, -0.25) is 0 Å². The number of H-pyrrole nitrogens is 1. The first kappa shape index (κ1) is 9.21. The number of nitrogens with zero attached hydrogens (tertiary/aromatic N) is 1. The van der Waals surface area contributed by atoms with E-state index in [9.17, 15) is 4.79 Å². The summed E-state index contributed by atoms with van der Waals surface area (Å²) < 4.78 is 0. The van der Waals surface area contributed by atoms with Crippen molar-refractivity contribution in [3.63, 3.8) is 0 Å². The molecule has 1 aromatic rings. The van der Waals surface area contributed by atoms with Gasteiger partial charge in [0.1, 0.15) is 0 Å². The minimum atomic E-state index is -1.01. The average Bonchev–Trinajstić information content (AvgIpc) is 2.68. The molecule has 1 atom stereocenters. The summed E-state index contributed by atoms with van der Waals surface area (Å²) in [6.45, 7) is 0.992. The van der Waals surface area contributed by atoms with Crippen molar-refractivity contribution in [1.82, 2.24) is 15.3 Å². The Morgan fingerprint density at radius 1 is 1.57 bits per heavy atom. The summed E-state index contributed by atoms with van der Waals surface area (Å²) in [4.78, 5) is 17.2. The van der Waals surface area contributed by atoms with Crippen LogP contribution in [0.25, 0.3) is 0 Å². The van der Waals surface area contributed by atoms with E-state index in [0.717, 1.165) is 18.7 Å². The maximum Gasteiger partial charge on any atom is 0.371 e. The zero-order valence-corrected chi connectivity index (χ0v) is 7.79. The molecular formula is C9H13N3O2. The van der Waals surface area contributed by atoms with Gasteiger partial charge in [-0.15, -0.1) is 0 Å². The Hall–Kier alpha value is -1.36. The molecule has 1 aliphatic heterocycles. The van der Waals surface area contributed by atoms with Crippen LogP contribution in [0.3, 0.4) is 0 Å². The van der Waals surface area contributed by atoms with Crippen LogP contribution < -0.4 is 5.32 Å². The lowest BCUT2D eigenvalue weighted by Gasteiger charge is -2.21. The number of carbonyl (C=O) groups is 1. The van der Waals surface area contributed by atoms with E-state index in [1.807, 2.05) is 0 Å². The molecule has 2 heterocycles. The van der Waals surface area contributed by atoms with Crippen molar-refractivity contribution in [2.45, 2.75) is 25.3 Å². The average molecular weight is 195 g/mol. The molecule has 0 amide bonds. The molecular weight excluding hydrogens is 182 g/mol. The minimum Gasteiger partial charge on any atom is -0.475 e. The summed E-state index contributed by atoms with van der Waals surface area (Å²) in [7, 11) is 0. The maximum absolute atomic E-state index is 10.6. The van der Waals surface area contributed by atoms with Crippen LogP contribution >= 0.6 is 0 Å². The molecule has 0 radical (unpaired) electrons. The highest BCUT2D eigenvalue weighted by Crippen LogP contribution is 2.20. The zero-order chi connectivity index (χ0) is 9.97. The third-order valence-corrected chi connectivity index (χ3v) is 2.48. The van der Waals surface area contributed by atoms with E-state index < -0.39 is 5.97 Å². The molecule has 1 aromatic heterocycles. The number of carboxylic acids is 1. The first-order valence-electron chi connectivity index (χ1n) is 4.79. The number of aromatic carboxylic acids is 1. The normalized spacial score (nSPS) is 22.1. The fraction of sp³-hybridized carbons (Fsp3) is 0.556. The largest absolute Gasteiger partial charge is 0.475 e. The van der Waals surface area contributed by atoms with E-state index >= 15 is 0 Å². The van der Waals surface area contributed by atoms with Crippen LogP contribution in [0, 0.1) is 0 Å². The minimum absolute atomic E-state index is 0.0207. The van der Waals surface area contributed by atoms with E-state index in [1.54, 1.807) is 6.20 Å². The van der Waals surface area contributed by atoms with Gasteiger partial charge in [-0.1, -0.05) is 6.42 Å². The van der Waals surface area contributed by atoms with Gasteiger partial charge in [0.15, 0.2) is 0 Å². The quantitative estimate of drug-likeness (QED) is 0.655. The van der Waals surface area contributed by atoms with Crippen molar-refractivity contribution in [1.29, 1.82) is 0 Å². The van der Waals surface area contributed by atoms with Gasteiger partial charge in [0.25, 0.3) is 0 Å². The van der Waals surface area contributed by atoms with Crippen molar-refractivity contribution in [2.24, 2.45) is 0 Å². The van der Waals surface area contributed by atoms with Crippen molar-refractivity contribution < 1.29 is 9.90 Å². The summed E-state index contributed by atoms with van der Waals surface area (Å²) in [5.74, 6) is -0.987. The highest BCUT2D eigenvalue weighted by Gasteiger charge is 2.18. The van der Waals surface area contributed by atoms with Gasteiger partial charge < -0.3 is 15.4 Å². The number of rotatable bonds is 2. The van der Waals surface area contributed by atoms with Crippen LogP contribution in [0.15, 0.2) is 6.20 Å². The number of hydrogen-bond acceptors (Lipinski definition) is 3. The zero-order valence-electron chi connectivity index (χ0n) is 7.79. The van der Waals surface area contributed by atoms with Crippen LogP contribution in [0.2, 0.25) is 0 Å². The lowest BCUT2D eigenvalue weighted by Crippen LogP contribution is -2.27. The highest BCUT2D eigenvalue weighted by atomic mass is 16.4. The molecule has 76 valence electrons. The third-order valence-electron chi connectivity index (χ3n) is 2.48. The van der Waals surface area contributed by atoms with E-state index in [0.29, 0.717) is 0 Å². The van der Waals surface area contributed by atoms with Crippen molar-refractivity contribution >= 4 is 5.97 Å². The molecule has 0 bridgehead atoms. The van der Waals surface area contributed by atoms with Gasteiger partial charge in [-0.05, 0) is 19.4 Å². The van der Waals surface area contributed by atoms with Crippen LogP contribution in [0.5, 0.6) is 0 Å². The molecule has 1 unspecified atom stereocenters. The van der Waals surface area contributed by atoms with E-state index in [-0.39, 0.29) is 11.9 Å². The summed E-state index contributed by atoms with van der Waals surface area (Å²) in [5, 5.41) is 12.0. The predicted molar refractivity (Wildman–Crippen MR) is 50.1 cm³/mol. The molecule has 1 fully saturated rings. The first-order valence-corrected chi connectivity index (χ1v) is 4.79. The number of piperidine rings is 1. The molecule has 2 rings (SSSR count). The number of aromatic nitrogens is 2. The molecule has 1 saturated heterocycles. The molecule has 0 spiro atoms. The second-order valence-electron chi connectivity index (χ2n) is 3.49. The second-order valence-corrected chi connectivity index (χ2v) is 3.49. The number of imidazole rings is 1. The predicted octanol–water partition coefficient (Wildman–Crippen LogP) is 0.922. The van der Waals surface area contributed by atoms with Crippen LogP contribution in [0.4, 0.5) is 0 Å². The monoisotopic (exact) mass is 195 g/mol. The summed E-state index contributed by atoms with van der Waals surface area (Å²) in [5.41, 5.74) is 0.877. The molecule has 5 nitrogen and oxygen atoms in total. The Morgan fingerprint density at radius 3 is 3.00 bits per heavy atom. The summed E-state index contributed by atoms with van der Waals surface area (Å²) >= 11 is 0. The number of nitrogens with one attached hydrogen (secondary N) is 2. The molecule has 5 heteroatoms. The standard InChI is InChI=1S/C9H13N3O2/c13-9(14)8-11-5-7(12-8)6-3-1-2-4-10-6/h5-6,10H,1-4H2,(H,11,12)(H,13,14). The van der Waals surface area contributed by atoms with E-state index in [4.69, 9.17) is 5.11 Å². The van der Waals surface area contributed by atoms with Crippen molar-refractivity contribution in [3.05, 3.63) is 17.7 Å². The third kappa shape index (κ3) is 1.77. The van der Waals surface area contributed by atoms with E-state index in [2.05, 4.69) is 15.3 Å².